The minimum Gasteiger partial charge on any atom is -0.489 e. The van der Waals surface area contributed by atoms with Gasteiger partial charge in [0.2, 0.25) is 0 Å². The van der Waals surface area contributed by atoms with Gasteiger partial charge in [-0.1, -0.05) is 18.0 Å². The van der Waals surface area contributed by atoms with Crippen LogP contribution in [0.2, 0.25) is 5.02 Å². The van der Waals surface area contributed by atoms with Gasteiger partial charge in [0.25, 0.3) is 0 Å². The number of hydrogen-bond donors (Lipinski definition) is 1. The van der Waals surface area contributed by atoms with Crippen molar-refractivity contribution in [2.24, 2.45) is 11.7 Å². The normalized spacial score (nSPS) is 24.6. The molecule has 1 aromatic rings. The van der Waals surface area contributed by atoms with Crippen LogP contribution < -0.4 is 10.5 Å². The second kappa shape index (κ2) is 5.69. The van der Waals surface area contributed by atoms with Gasteiger partial charge < -0.3 is 10.5 Å². The van der Waals surface area contributed by atoms with Crippen LogP contribution in [0.3, 0.4) is 0 Å². The summed E-state index contributed by atoms with van der Waals surface area (Å²) in [4.78, 5) is 0. The van der Waals surface area contributed by atoms with Gasteiger partial charge in [-0.25, -0.2) is 4.39 Å². The summed E-state index contributed by atoms with van der Waals surface area (Å²) in [6.07, 6.45) is 4.56. The Morgan fingerprint density at radius 2 is 2.12 bits per heavy atom. The molecule has 1 aliphatic rings. The van der Waals surface area contributed by atoms with Crippen LogP contribution in [0.25, 0.3) is 0 Å². The minimum absolute atomic E-state index is 0.108. The number of ether oxygens (including phenoxy) is 1. The summed E-state index contributed by atoms with van der Waals surface area (Å²) in [6, 6.07) is 4.22. The molecular weight excluding hydrogens is 241 g/mol. The first-order valence-corrected chi connectivity index (χ1v) is 6.40. The zero-order valence-corrected chi connectivity index (χ0v) is 10.4. The number of benzene rings is 1. The number of rotatable bonds is 3. The predicted octanol–water partition coefficient (Wildman–Crippen LogP) is 3.38. The van der Waals surface area contributed by atoms with Crippen LogP contribution >= 0.6 is 11.6 Å². The van der Waals surface area contributed by atoms with Crippen molar-refractivity contribution in [2.45, 2.75) is 31.8 Å². The average Bonchev–Trinajstić information content (AvgIpc) is 2.33. The average molecular weight is 258 g/mol. The highest BCUT2D eigenvalue weighted by Gasteiger charge is 2.26. The van der Waals surface area contributed by atoms with E-state index in [1.165, 1.54) is 18.6 Å². The van der Waals surface area contributed by atoms with Gasteiger partial charge in [0.1, 0.15) is 17.7 Å². The molecule has 0 spiro atoms. The maximum absolute atomic E-state index is 12.9. The topological polar surface area (TPSA) is 35.2 Å². The molecular formula is C13H17ClFNO. The standard InChI is InChI=1S/C13H17ClFNO/c14-11-7-10(15)5-6-13(11)17-12-4-2-1-3-9(12)8-16/h5-7,9,12H,1-4,8,16H2. The molecule has 94 valence electrons. The molecule has 2 rings (SSSR count). The Balaban J connectivity index is 2.08. The van der Waals surface area contributed by atoms with E-state index in [2.05, 4.69) is 0 Å². The summed E-state index contributed by atoms with van der Waals surface area (Å²) in [6.45, 7) is 0.628. The van der Waals surface area contributed by atoms with Crippen LogP contribution in [0.15, 0.2) is 18.2 Å². The van der Waals surface area contributed by atoms with E-state index in [4.69, 9.17) is 22.1 Å². The summed E-state index contributed by atoms with van der Waals surface area (Å²) < 4.78 is 18.8. The molecule has 0 heterocycles. The highest BCUT2D eigenvalue weighted by atomic mass is 35.5. The van der Waals surface area contributed by atoms with Crippen molar-refractivity contribution >= 4 is 11.6 Å². The summed E-state index contributed by atoms with van der Waals surface area (Å²) in [5.41, 5.74) is 5.74. The Kier molecular flexibility index (Phi) is 4.24. The zero-order valence-electron chi connectivity index (χ0n) is 9.66. The highest BCUT2D eigenvalue weighted by Crippen LogP contribution is 2.31. The Morgan fingerprint density at radius 3 is 2.82 bits per heavy atom. The lowest BCUT2D eigenvalue weighted by molar-refractivity contribution is 0.0970. The van der Waals surface area contributed by atoms with Crippen molar-refractivity contribution in [2.75, 3.05) is 6.54 Å². The van der Waals surface area contributed by atoms with Crippen molar-refractivity contribution in [3.63, 3.8) is 0 Å². The number of nitrogens with two attached hydrogens (primary N) is 1. The van der Waals surface area contributed by atoms with Crippen LogP contribution in [0.5, 0.6) is 5.75 Å². The third-order valence-electron chi connectivity index (χ3n) is 3.31. The van der Waals surface area contributed by atoms with Crippen LogP contribution in [0, 0.1) is 11.7 Å². The highest BCUT2D eigenvalue weighted by molar-refractivity contribution is 6.32. The van der Waals surface area contributed by atoms with Crippen molar-refractivity contribution in [1.82, 2.24) is 0 Å². The summed E-state index contributed by atoms with van der Waals surface area (Å²) in [5, 5.41) is 0.325. The smallest absolute Gasteiger partial charge is 0.138 e. The van der Waals surface area contributed by atoms with Gasteiger partial charge >= 0.3 is 0 Å². The molecule has 1 aliphatic carbocycles. The minimum atomic E-state index is -0.346. The molecule has 0 aliphatic heterocycles. The SMILES string of the molecule is NCC1CCCCC1Oc1ccc(F)cc1Cl. The summed E-state index contributed by atoms with van der Waals surface area (Å²) in [5.74, 6) is 0.588. The summed E-state index contributed by atoms with van der Waals surface area (Å²) >= 11 is 5.94. The molecule has 1 saturated carbocycles. The van der Waals surface area contributed by atoms with Crippen LogP contribution in [-0.4, -0.2) is 12.6 Å². The maximum atomic E-state index is 12.9. The van der Waals surface area contributed by atoms with Crippen molar-refractivity contribution in [3.8, 4) is 5.75 Å². The number of hydrogen-bond acceptors (Lipinski definition) is 2. The quantitative estimate of drug-likeness (QED) is 0.901. The Bertz CT molecular complexity index is 386. The molecule has 1 aromatic carbocycles. The molecule has 0 aromatic heterocycles. The maximum Gasteiger partial charge on any atom is 0.138 e. The molecule has 17 heavy (non-hydrogen) atoms. The van der Waals surface area contributed by atoms with Crippen LogP contribution in [0.1, 0.15) is 25.7 Å². The van der Waals surface area contributed by atoms with Crippen molar-refractivity contribution < 1.29 is 9.13 Å². The molecule has 0 bridgehead atoms. The van der Waals surface area contributed by atoms with Crippen LogP contribution in [0.4, 0.5) is 4.39 Å². The van der Waals surface area contributed by atoms with Crippen molar-refractivity contribution in [3.05, 3.63) is 29.0 Å². The molecule has 4 heteroatoms. The van der Waals surface area contributed by atoms with E-state index in [1.807, 2.05) is 0 Å². The fourth-order valence-corrected chi connectivity index (χ4v) is 2.54. The second-order valence-electron chi connectivity index (χ2n) is 4.51. The molecule has 0 saturated heterocycles. The molecule has 2 N–H and O–H groups in total. The Hall–Kier alpha value is -0.800. The molecule has 2 nitrogen and oxygen atoms in total. The van der Waals surface area contributed by atoms with E-state index < -0.39 is 0 Å². The Labute approximate surface area is 106 Å². The van der Waals surface area contributed by atoms with Gasteiger partial charge in [0.15, 0.2) is 0 Å². The molecule has 1 fully saturated rings. The largest absolute Gasteiger partial charge is 0.489 e. The monoisotopic (exact) mass is 257 g/mol. The van der Waals surface area contributed by atoms with E-state index in [9.17, 15) is 4.39 Å². The van der Waals surface area contributed by atoms with Gasteiger partial charge in [-0.3, -0.25) is 0 Å². The van der Waals surface area contributed by atoms with Crippen LogP contribution in [-0.2, 0) is 0 Å². The van der Waals surface area contributed by atoms with E-state index >= 15 is 0 Å². The first-order valence-electron chi connectivity index (χ1n) is 6.02. The first-order chi connectivity index (χ1) is 8.20. The molecule has 2 atom stereocenters. The summed E-state index contributed by atoms with van der Waals surface area (Å²) in [7, 11) is 0. The molecule has 2 unspecified atom stereocenters. The lowest BCUT2D eigenvalue weighted by Crippen LogP contribution is -2.35. The van der Waals surface area contributed by atoms with Crippen molar-refractivity contribution in [1.29, 1.82) is 0 Å². The lowest BCUT2D eigenvalue weighted by Gasteiger charge is -2.31. The lowest BCUT2D eigenvalue weighted by atomic mass is 9.86. The van der Waals surface area contributed by atoms with E-state index in [0.29, 0.717) is 23.2 Å². The van der Waals surface area contributed by atoms with Gasteiger partial charge in [0, 0.05) is 5.92 Å². The second-order valence-corrected chi connectivity index (χ2v) is 4.92. The van der Waals surface area contributed by atoms with Gasteiger partial charge in [-0.05, 0) is 44.0 Å². The number of halogens is 2. The first kappa shape index (κ1) is 12.7. The fourth-order valence-electron chi connectivity index (χ4n) is 2.33. The zero-order chi connectivity index (χ0) is 12.3. The van der Waals surface area contributed by atoms with Gasteiger partial charge in [0.05, 0.1) is 5.02 Å². The van der Waals surface area contributed by atoms with E-state index in [0.717, 1.165) is 19.3 Å². The van der Waals surface area contributed by atoms with E-state index in [-0.39, 0.29) is 11.9 Å². The third-order valence-corrected chi connectivity index (χ3v) is 3.61. The van der Waals surface area contributed by atoms with Gasteiger partial charge in [-0.2, -0.15) is 0 Å². The van der Waals surface area contributed by atoms with Gasteiger partial charge in [-0.15, -0.1) is 0 Å². The third kappa shape index (κ3) is 3.11. The van der Waals surface area contributed by atoms with E-state index in [1.54, 1.807) is 6.07 Å². The fraction of sp³-hybridized carbons (Fsp3) is 0.538. The molecule has 0 amide bonds. The molecule has 0 radical (unpaired) electrons. The Morgan fingerprint density at radius 1 is 1.35 bits per heavy atom. The predicted molar refractivity (Wildman–Crippen MR) is 66.8 cm³/mol.